The van der Waals surface area contributed by atoms with Crippen LogP contribution in [0.4, 0.5) is 5.69 Å². The van der Waals surface area contributed by atoms with E-state index in [0.717, 1.165) is 0 Å². The van der Waals surface area contributed by atoms with Crippen molar-refractivity contribution in [2.45, 2.75) is 11.7 Å². The number of anilines is 1. The second kappa shape index (κ2) is 9.14. The number of phenols is 1. The smallest absolute Gasteiger partial charge is 0.234 e. The Bertz CT molecular complexity index is 1000. The average Bonchev–Trinajstić information content (AvgIpc) is 3.06. The lowest BCUT2D eigenvalue weighted by Gasteiger charge is -2.10. The van der Waals surface area contributed by atoms with Gasteiger partial charge in [0.15, 0.2) is 11.0 Å². The monoisotopic (exact) mass is 434 g/mol. The summed E-state index contributed by atoms with van der Waals surface area (Å²) < 4.78 is 1.78. The van der Waals surface area contributed by atoms with Gasteiger partial charge >= 0.3 is 0 Å². The van der Waals surface area contributed by atoms with Crippen molar-refractivity contribution in [1.29, 1.82) is 0 Å². The van der Waals surface area contributed by atoms with Crippen molar-refractivity contribution in [3.05, 3.63) is 65.2 Å². The van der Waals surface area contributed by atoms with Gasteiger partial charge in [-0.25, -0.2) is 0 Å². The summed E-state index contributed by atoms with van der Waals surface area (Å²) in [4.78, 5) is 12.3. The quantitative estimate of drug-likeness (QED) is 0.409. The predicted octanol–water partition coefficient (Wildman–Crippen LogP) is 4.87. The number of phenolic OH excluding ortho intramolecular Hbond substituents is 1. The van der Waals surface area contributed by atoms with Crippen molar-refractivity contribution in [2.75, 3.05) is 11.1 Å². The first-order chi connectivity index (χ1) is 13.5. The number of nitrogens with zero attached hydrogens (tertiary/aromatic N) is 3. The maximum absolute atomic E-state index is 12.3. The van der Waals surface area contributed by atoms with Gasteiger partial charge in [-0.2, -0.15) is 0 Å². The van der Waals surface area contributed by atoms with Crippen LogP contribution in [-0.2, 0) is 11.3 Å². The summed E-state index contributed by atoms with van der Waals surface area (Å²) in [6.45, 7) is 4.18. The molecule has 0 saturated heterocycles. The molecule has 0 atom stereocenters. The topological polar surface area (TPSA) is 80.0 Å². The number of rotatable bonds is 7. The van der Waals surface area contributed by atoms with E-state index in [2.05, 4.69) is 22.1 Å². The molecule has 0 bridgehead atoms. The van der Waals surface area contributed by atoms with Crippen LogP contribution in [0.5, 0.6) is 5.75 Å². The molecule has 0 unspecified atom stereocenters. The Kier molecular flexibility index (Phi) is 6.61. The van der Waals surface area contributed by atoms with E-state index in [1.807, 2.05) is 0 Å². The van der Waals surface area contributed by atoms with Gasteiger partial charge in [0.25, 0.3) is 0 Å². The zero-order valence-corrected chi connectivity index (χ0v) is 16.9. The summed E-state index contributed by atoms with van der Waals surface area (Å²) in [7, 11) is 0. The summed E-state index contributed by atoms with van der Waals surface area (Å²) in [5.41, 5.74) is 0.926. The third kappa shape index (κ3) is 4.49. The third-order valence-electron chi connectivity index (χ3n) is 3.73. The van der Waals surface area contributed by atoms with Crippen LogP contribution in [-0.4, -0.2) is 31.5 Å². The van der Waals surface area contributed by atoms with E-state index in [-0.39, 0.29) is 17.4 Å². The average molecular weight is 435 g/mol. The highest BCUT2D eigenvalue weighted by Gasteiger charge is 2.17. The van der Waals surface area contributed by atoms with E-state index in [1.165, 1.54) is 11.8 Å². The van der Waals surface area contributed by atoms with E-state index in [9.17, 15) is 9.90 Å². The highest BCUT2D eigenvalue weighted by atomic mass is 35.5. The van der Waals surface area contributed by atoms with Gasteiger partial charge < -0.3 is 10.4 Å². The van der Waals surface area contributed by atoms with Gasteiger partial charge in [0, 0.05) is 6.54 Å². The molecule has 0 radical (unpaired) electrons. The fourth-order valence-corrected chi connectivity index (χ4v) is 3.71. The lowest BCUT2D eigenvalue weighted by molar-refractivity contribution is -0.113. The zero-order valence-electron chi connectivity index (χ0n) is 14.6. The number of aromatic hydroxyl groups is 1. The molecule has 0 aliphatic carbocycles. The van der Waals surface area contributed by atoms with Crippen molar-refractivity contribution in [3.8, 4) is 17.1 Å². The molecule has 0 aliphatic rings. The van der Waals surface area contributed by atoms with E-state index >= 15 is 0 Å². The number of nitrogens with one attached hydrogen (secondary N) is 1. The van der Waals surface area contributed by atoms with Gasteiger partial charge in [0.2, 0.25) is 5.91 Å². The largest absolute Gasteiger partial charge is 0.507 e. The molecule has 6 nitrogen and oxygen atoms in total. The molecule has 0 fully saturated rings. The molecule has 144 valence electrons. The van der Waals surface area contributed by atoms with Gasteiger partial charge in [0.05, 0.1) is 27.0 Å². The normalized spacial score (nSPS) is 10.6. The van der Waals surface area contributed by atoms with Crippen LogP contribution in [0.3, 0.4) is 0 Å². The van der Waals surface area contributed by atoms with Crippen molar-refractivity contribution >= 4 is 46.6 Å². The Labute approximate surface area is 176 Å². The minimum absolute atomic E-state index is 0.0810. The summed E-state index contributed by atoms with van der Waals surface area (Å²) in [6.07, 6.45) is 1.69. The zero-order chi connectivity index (χ0) is 20.1. The van der Waals surface area contributed by atoms with Gasteiger partial charge in [-0.15, -0.1) is 16.8 Å². The molecule has 3 rings (SSSR count). The molecule has 0 saturated carbocycles. The van der Waals surface area contributed by atoms with E-state index < -0.39 is 0 Å². The van der Waals surface area contributed by atoms with E-state index in [4.69, 9.17) is 23.2 Å². The summed E-state index contributed by atoms with van der Waals surface area (Å²) >= 11 is 13.4. The van der Waals surface area contributed by atoms with Crippen LogP contribution < -0.4 is 5.32 Å². The van der Waals surface area contributed by atoms with Crippen molar-refractivity contribution in [1.82, 2.24) is 14.8 Å². The van der Waals surface area contributed by atoms with Crippen LogP contribution in [0.15, 0.2) is 60.3 Å². The molecule has 28 heavy (non-hydrogen) atoms. The molecule has 0 aliphatic heterocycles. The number of amides is 1. The number of allylic oxidation sites excluding steroid dienone is 1. The molecule has 2 aromatic carbocycles. The molecular weight excluding hydrogens is 419 g/mol. The first-order valence-corrected chi connectivity index (χ1v) is 9.94. The Hall–Kier alpha value is -2.48. The molecule has 9 heteroatoms. The highest BCUT2D eigenvalue weighted by molar-refractivity contribution is 7.99. The van der Waals surface area contributed by atoms with Gasteiger partial charge in [-0.3, -0.25) is 9.36 Å². The number of aromatic nitrogens is 3. The highest BCUT2D eigenvalue weighted by Crippen LogP contribution is 2.32. The maximum Gasteiger partial charge on any atom is 0.234 e. The minimum Gasteiger partial charge on any atom is -0.507 e. The molecular formula is C19H16Cl2N4O2S. The third-order valence-corrected chi connectivity index (χ3v) is 5.33. The summed E-state index contributed by atoms with van der Waals surface area (Å²) in [5.74, 6) is 0.396. The number of halogens is 2. The second-order valence-electron chi connectivity index (χ2n) is 5.66. The lowest BCUT2D eigenvalue weighted by atomic mass is 10.2. The molecule has 1 aromatic heterocycles. The summed E-state index contributed by atoms with van der Waals surface area (Å²) in [6, 6.07) is 11.9. The number of carbonyl (C=O) groups is 1. The fourth-order valence-electron chi connectivity index (χ4n) is 2.47. The van der Waals surface area contributed by atoms with Gasteiger partial charge in [0.1, 0.15) is 5.75 Å². The Morgan fingerprint density at radius 1 is 1.18 bits per heavy atom. The Morgan fingerprint density at radius 2 is 1.89 bits per heavy atom. The lowest BCUT2D eigenvalue weighted by Crippen LogP contribution is -2.15. The van der Waals surface area contributed by atoms with Crippen LogP contribution >= 0.6 is 35.0 Å². The molecule has 2 N–H and O–H groups in total. The Morgan fingerprint density at radius 3 is 2.57 bits per heavy atom. The number of hydrogen-bond acceptors (Lipinski definition) is 5. The second-order valence-corrected chi connectivity index (χ2v) is 7.41. The van der Waals surface area contributed by atoms with Crippen molar-refractivity contribution < 1.29 is 9.90 Å². The van der Waals surface area contributed by atoms with Crippen LogP contribution in [0.2, 0.25) is 10.0 Å². The predicted molar refractivity (Wildman–Crippen MR) is 113 cm³/mol. The van der Waals surface area contributed by atoms with E-state index in [0.29, 0.717) is 38.8 Å². The number of para-hydroxylation sites is 2. The summed E-state index contributed by atoms with van der Waals surface area (Å²) in [5, 5.41) is 22.4. The Balaban J connectivity index is 1.77. The van der Waals surface area contributed by atoms with Gasteiger partial charge in [-0.05, 0) is 24.3 Å². The first kappa shape index (κ1) is 20.3. The number of carbonyl (C=O) groups excluding carboxylic acids is 1. The minimum atomic E-state index is -0.280. The molecule has 1 heterocycles. The SMILES string of the molecule is C=CCn1c(SCC(=O)Nc2c(Cl)cccc2Cl)nnc1-c1ccccc1O. The maximum atomic E-state index is 12.3. The molecule has 3 aromatic rings. The molecule has 0 spiro atoms. The van der Waals surface area contributed by atoms with Crippen molar-refractivity contribution in [2.24, 2.45) is 0 Å². The first-order valence-electron chi connectivity index (χ1n) is 8.20. The standard InChI is InChI=1S/C19H16Cl2N4O2S/c1-2-10-25-18(12-6-3-4-9-15(12)26)23-24-19(25)28-11-16(27)22-17-13(20)7-5-8-14(17)21/h2-9,26H,1,10-11H2,(H,22,27). The molecule has 1 amide bonds. The number of thioether (sulfide) groups is 1. The number of hydrogen-bond donors (Lipinski definition) is 2. The van der Waals surface area contributed by atoms with Crippen LogP contribution in [0, 0.1) is 0 Å². The van der Waals surface area contributed by atoms with Gasteiger partial charge in [-0.1, -0.05) is 59.2 Å². The van der Waals surface area contributed by atoms with Crippen LogP contribution in [0.25, 0.3) is 11.4 Å². The van der Waals surface area contributed by atoms with Crippen molar-refractivity contribution in [3.63, 3.8) is 0 Å². The van der Waals surface area contributed by atoms with Crippen LogP contribution in [0.1, 0.15) is 0 Å². The van der Waals surface area contributed by atoms with E-state index in [1.54, 1.807) is 53.1 Å². The number of benzene rings is 2. The fraction of sp³-hybridized carbons (Fsp3) is 0.105.